The van der Waals surface area contributed by atoms with E-state index in [9.17, 15) is 0 Å². The molecule has 1 aliphatic heterocycles. The van der Waals surface area contributed by atoms with Crippen LogP contribution < -0.4 is 11.1 Å². The summed E-state index contributed by atoms with van der Waals surface area (Å²) < 4.78 is 0. The lowest BCUT2D eigenvalue weighted by Gasteiger charge is -2.16. The number of nitrogens with one attached hydrogen (secondary N) is 1. The van der Waals surface area contributed by atoms with Crippen LogP contribution in [0.15, 0.2) is 66.9 Å². The molecule has 0 amide bonds. The summed E-state index contributed by atoms with van der Waals surface area (Å²) >= 11 is 6.16. The molecule has 148 valence electrons. The quantitative estimate of drug-likeness (QED) is 0.439. The van der Waals surface area contributed by atoms with Crippen molar-refractivity contribution in [2.75, 3.05) is 37.2 Å². The van der Waals surface area contributed by atoms with Crippen molar-refractivity contribution in [2.24, 2.45) is 0 Å². The van der Waals surface area contributed by atoms with Crippen molar-refractivity contribution in [3.63, 3.8) is 0 Å². The fourth-order valence-corrected chi connectivity index (χ4v) is 3.68. The Kier molecular flexibility index (Phi) is 6.08. The maximum atomic E-state index is 6.16. The van der Waals surface area contributed by atoms with E-state index >= 15 is 0 Å². The van der Waals surface area contributed by atoms with Crippen LogP contribution in [0.2, 0.25) is 5.02 Å². The van der Waals surface area contributed by atoms with Crippen molar-refractivity contribution in [3.8, 4) is 22.3 Å². The summed E-state index contributed by atoms with van der Waals surface area (Å²) in [6.07, 6.45) is 7.24. The minimum absolute atomic E-state index is 0.269. The molecule has 0 fully saturated rings. The van der Waals surface area contributed by atoms with Gasteiger partial charge in [0.25, 0.3) is 0 Å². The number of nitrogen functional groups attached to an aromatic ring is 1. The summed E-state index contributed by atoms with van der Waals surface area (Å²) in [4.78, 5) is 11.1. The van der Waals surface area contributed by atoms with Crippen LogP contribution in [0.4, 0.5) is 11.8 Å². The topological polar surface area (TPSA) is 67.1 Å². The highest BCUT2D eigenvalue weighted by atomic mass is 35.5. The number of nitrogens with zero attached hydrogens (tertiary/aromatic N) is 3. The molecule has 5 nitrogen and oxygen atoms in total. The Labute approximate surface area is 176 Å². The summed E-state index contributed by atoms with van der Waals surface area (Å²) in [5, 5.41) is 4.17. The van der Waals surface area contributed by atoms with Crippen LogP contribution >= 0.6 is 11.6 Å². The highest BCUT2D eigenvalue weighted by Crippen LogP contribution is 2.31. The number of nitrogens with two attached hydrogens (primary N) is 1. The van der Waals surface area contributed by atoms with Crippen molar-refractivity contribution >= 4 is 23.4 Å². The number of benzene rings is 2. The van der Waals surface area contributed by atoms with Crippen molar-refractivity contribution in [1.82, 2.24) is 14.9 Å². The van der Waals surface area contributed by atoms with E-state index in [-0.39, 0.29) is 5.95 Å². The standard InChI is InChI=1S/C23H24ClN5/c24-20-9-4-7-18(15-20)17-6-3-8-19(14-17)21-16-27-23(25)28-22(21)26-10-5-13-29-11-1-2-12-29/h1-4,6-9,14-16H,5,10-13H2,(H3,25,26,27,28). The van der Waals surface area contributed by atoms with Gasteiger partial charge in [-0.3, -0.25) is 4.90 Å². The zero-order valence-corrected chi connectivity index (χ0v) is 16.9. The first kappa shape index (κ1) is 19.4. The predicted molar refractivity (Wildman–Crippen MR) is 121 cm³/mol. The van der Waals surface area contributed by atoms with Gasteiger partial charge >= 0.3 is 0 Å². The van der Waals surface area contributed by atoms with Crippen LogP contribution in [0.1, 0.15) is 6.42 Å². The monoisotopic (exact) mass is 405 g/mol. The van der Waals surface area contributed by atoms with E-state index in [2.05, 4.69) is 56.6 Å². The van der Waals surface area contributed by atoms with Gasteiger partial charge in [0.05, 0.1) is 0 Å². The molecular weight excluding hydrogens is 382 g/mol. The van der Waals surface area contributed by atoms with E-state index in [1.165, 1.54) is 0 Å². The molecule has 0 radical (unpaired) electrons. The summed E-state index contributed by atoms with van der Waals surface area (Å²) in [7, 11) is 0. The Hall–Kier alpha value is -2.89. The Morgan fingerprint density at radius 2 is 1.72 bits per heavy atom. The highest BCUT2D eigenvalue weighted by molar-refractivity contribution is 6.30. The molecule has 4 rings (SSSR count). The first-order chi connectivity index (χ1) is 14.2. The Morgan fingerprint density at radius 1 is 1.00 bits per heavy atom. The third-order valence-electron chi connectivity index (χ3n) is 4.98. The van der Waals surface area contributed by atoms with Crippen LogP contribution in [0, 0.1) is 0 Å². The largest absolute Gasteiger partial charge is 0.369 e. The molecule has 3 aromatic rings. The van der Waals surface area contributed by atoms with Gasteiger partial charge in [-0.15, -0.1) is 0 Å². The van der Waals surface area contributed by atoms with E-state index < -0.39 is 0 Å². The average molecular weight is 406 g/mol. The van der Waals surface area contributed by atoms with Gasteiger partial charge in [-0.2, -0.15) is 4.98 Å². The predicted octanol–water partition coefficient (Wildman–Crippen LogP) is 4.72. The summed E-state index contributed by atoms with van der Waals surface area (Å²) in [5.41, 5.74) is 9.99. The van der Waals surface area contributed by atoms with Gasteiger partial charge in [-0.1, -0.05) is 54.1 Å². The molecule has 2 heterocycles. The van der Waals surface area contributed by atoms with E-state index in [1.807, 2.05) is 24.3 Å². The molecule has 1 aromatic heterocycles. The molecule has 0 spiro atoms. The number of hydrogen-bond acceptors (Lipinski definition) is 5. The minimum atomic E-state index is 0.269. The number of halogens is 1. The van der Waals surface area contributed by atoms with Gasteiger partial charge in [0, 0.05) is 43.0 Å². The zero-order valence-electron chi connectivity index (χ0n) is 16.2. The maximum Gasteiger partial charge on any atom is 0.221 e. The van der Waals surface area contributed by atoms with Gasteiger partial charge < -0.3 is 11.1 Å². The lowest BCUT2D eigenvalue weighted by molar-refractivity contribution is 0.351. The maximum absolute atomic E-state index is 6.16. The van der Waals surface area contributed by atoms with E-state index in [4.69, 9.17) is 17.3 Å². The summed E-state index contributed by atoms with van der Waals surface area (Å²) in [6, 6.07) is 16.1. The second-order valence-electron chi connectivity index (χ2n) is 7.09. The first-order valence-electron chi connectivity index (χ1n) is 9.79. The molecular formula is C23H24ClN5. The first-order valence-corrected chi connectivity index (χ1v) is 10.2. The highest BCUT2D eigenvalue weighted by Gasteiger charge is 2.11. The fraction of sp³-hybridized carbons (Fsp3) is 0.217. The molecule has 6 heteroatoms. The van der Waals surface area contributed by atoms with E-state index in [0.717, 1.165) is 65.7 Å². The Bertz CT molecular complexity index is 1010. The Morgan fingerprint density at radius 3 is 2.52 bits per heavy atom. The molecule has 0 bridgehead atoms. The SMILES string of the molecule is Nc1ncc(-c2cccc(-c3cccc(Cl)c3)c2)c(NCCCN2CC=CC2)n1. The molecule has 0 saturated heterocycles. The molecule has 3 N–H and O–H groups in total. The lowest BCUT2D eigenvalue weighted by atomic mass is 10.00. The Balaban J connectivity index is 1.52. The third kappa shape index (κ3) is 4.94. The van der Waals surface area contributed by atoms with Crippen molar-refractivity contribution in [3.05, 3.63) is 71.9 Å². The van der Waals surface area contributed by atoms with Gasteiger partial charge in [0.2, 0.25) is 5.95 Å². The summed E-state index contributed by atoms with van der Waals surface area (Å²) in [6.45, 7) is 3.97. The third-order valence-corrected chi connectivity index (χ3v) is 5.21. The molecule has 2 aromatic carbocycles. The molecule has 0 saturated carbocycles. The van der Waals surface area contributed by atoms with Gasteiger partial charge in [0.15, 0.2) is 0 Å². The fourth-order valence-electron chi connectivity index (χ4n) is 3.49. The van der Waals surface area contributed by atoms with Crippen LogP contribution in [0.3, 0.4) is 0 Å². The van der Waals surface area contributed by atoms with Crippen molar-refractivity contribution < 1.29 is 0 Å². The normalized spacial score (nSPS) is 13.7. The van der Waals surface area contributed by atoms with Gasteiger partial charge in [-0.25, -0.2) is 4.98 Å². The minimum Gasteiger partial charge on any atom is -0.369 e. The number of rotatable bonds is 7. The van der Waals surface area contributed by atoms with Crippen molar-refractivity contribution in [2.45, 2.75) is 6.42 Å². The van der Waals surface area contributed by atoms with Crippen molar-refractivity contribution in [1.29, 1.82) is 0 Å². The summed E-state index contributed by atoms with van der Waals surface area (Å²) in [5.74, 6) is 1.03. The van der Waals surface area contributed by atoms with Crippen LogP contribution in [0.5, 0.6) is 0 Å². The lowest BCUT2D eigenvalue weighted by Crippen LogP contribution is -2.23. The van der Waals surface area contributed by atoms with Crippen LogP contribution in [-0.2, 0) is 0 Å². The molecule has 1 aliphatic rings. The molecule has 0 aliphatic carbocycles. The average Bonchev–Trinajstić information content (AvgIpc) is 3.25. The second-order valence-corrected chi connectivity index (χ2v) is 7.53. The van der Waals surface area contributed by atoms with Gasteiger partial charge in [0.1, 0.15) is 5.82 Å². The number of aromatic nitrogens is 2. The van der Waals surface area contributed by atoms with Crippen LogP contribution in [0.25, 0.3) is 22.3 Å². The molecule has 0 atom stereocenters. The molecule has 0 unspecified atom stereocenters. The van der Waals surface area contributed by atoms with Crippen LogP contribution in [-0.4, -0.2) is 41.0 Å². The second kappa shape index (κ2) is 9.07. The van der Waals surface area contributed by atoms with Gasteiger partial charge in [-0.05, 0) is 41.3 Å². The molecule has 29 heavy (non-hydrogen) atoms. The van der Waals surface area contributed by atoms with E-state index in [0.29, 0.717) is 0 Å². The smallest absolute Gasteiger partial charge is 0.221 e. The zero-order chi connectivity index (χ0) is 20.1. The number of anilines is 2. The van der Waals surface area contributed by atoms with E-state index in [1.54, 1.807) is 6.20 Å². The number of hydrogen-bond donors (Lipinski definition) is 2.